The Morgan fingerprint density at radius 1 is 1.30 bits per heavy atom. The van der Waals surface area contributed by atoms with Crippen molar-refractivity contribution in [3.8, 4) is 0 Å². The van der Waals surface area contributed by atoms with Gasteiger partial charge in [0.05, 0.1) is 12.1 Å². The van der Waals surface area contributed by atoms with Gasteiger partial charge in [-0.3, -0.25) is 4.90 Å². The molecular formula is C14H18F2N2O2. The van der Waals surface area contributed by atoms with Crippen LogP contribution in [0, 0.1) is 0 Å². The summed E-state index contributed by atoms with van der Waals surface area (Å²) in [5.41, 5.74) is 0.977. The van der Waals surface area contributed by atoms with Gasteiger partial charge >= 0.3 is 6.09 Å². The number of nitrogens with zero attached hydrogens (tertiary/aromatic N) is 1. The van der Waals surface area contributed by atoms with E-state index in [-0.39, 0.29) is 12.0 Å². The van der Waals surface area contributed by atoms with Crippen LogP contribution in [0.4, 0.5) is 13.6 Å². The molecule has 1 aromatic carbocycles. The van der Waals surface area contributed by atoms with Gasteiger partial charge in [0.15, 0.2) is 0 Å². The number of benzene rings is 1. The van der Waals surface area contributed by atoms with Crippen molar-refractivity contribution in [3.63, 3.8) is 0 Å². The van der Waals surface area contributed by atoms with Crippen LogP contribution in [0.15, 0.2) is 30.3 Å². The maximum absolute atomic E-state index is 12.8. The number of hydrogen-bond acceptors (Lipinski definition) is 2. The van der Waals surface area contributed by atoms with E-state index < -0.39 is 25.5 Å². The summed E-state index contributed by atoms with van der Waals surface area (Å²) in [4.78, 5) is 12.5. The number of likely N-dealkylation sites (tertiary alicyclic amines) is 1. The normalized spacial score (nSPS) is 23.1. The second kappa shape index (κ2) is 6.65. The van der Waals surface area contributed by atoms with Crippen molar-refractivity contribution in [2.75, 3.05) is 26.4 Å². The van der Waals surface area contributed by atoms with E-state index in [4.69, 9.17) is 5.11 Å². The lowest BCUT2D eigenvalue weighted by atomic mass is 9.94. The van der Waals surface area contributed by atoms with Gasteiger partial charge in [-0.05, 0) is 5.56 Å². The van der Waals surface area contributed by atoms with Gasteiger partial charge in [-0.25, -0.2) is 13.6 Å². The molecule has 1 aliphatic rings. The molecule has 0 unspecified atom stereocenters. The summed E-state index contributed by atoms with van der Waals surface area (Å²) in [6.07, 6.45) is -1.12. The van der Waals surface area contributed by atoms with Gasteiger partial charge in [0, 0.05) is 19.0 Å². The lowest BCUT2D eigenvalue weighted by Crippen LogP contribution is -2.41. The fourth-order valence-electron chi connectivity index (χ4n) is 2.71. The first kappa shape index (κ1) is 14.7. The zero-order chi connectivity index (χ0) is 14.5. The lowest BCUT2D eigenvalue weighted by Gasteiger charge is -2.22. The first-order valence-corrected chi connectivity index (χ1v) is 6.56. The fourth-order valence-corrected chi connectivity index (χ4v) is 2.71. The van der Waals surface area contributed by atoms with Gasteiger partial charge in [0.2, 0.25) is 0 Å². The third-order valence-corrected chi connectivity index (χ3v) is 3.76. The van der Waals surface area contributed by atoms with Gasteiger partial charge in [-0.15, -0.1) is 0 Å². The van der Waals surface area contributed by atoms with Crippen LogP contribution in [-0.2, 0) is 0 Å². The van der Waals surface area contributed by atoms with E-state index in [1.54, 1.807) is 4.90 Å². The van der Waals surface area contributed by atoms with Gasteiger partial charge in [-0.1, -0.05) is 30.3 Å². The number of nitrogens with one attached hydrogen (secondary N) is 1. The minimum absolute atomic E-state index is 0.0899. The number of alkyl halides is 2. The summed E-state index contributed by atoms with van der Waals surface area (Å²) in [7, 11) is 0. The van der Waals surface area contributed by atoms with Crippen LogP contribution in [0.3, 0.4) is 0 Å². The fraction of sp³-hybridized carbons (Fsp3) is 0.500. The molecule has 20 heavy (non-hydrogen) atoms. The first-order valence-electron chi connectivity index (χ1n) is 6.56. The van der Waals surface area contributed by atoms with Crippen LogP contribution in [0.5, 0.6) is 0 Å². The number of carboxylic acid groups (broad SMARTS) is 1. The van der Waals surface area contributed by atoms with Crippen molar-refractivity contribution in [2.45, 2.75) is 18.0 Å². The molecule has 1 aliphatic heterocycles. The third-order valence-electron chi connectivity index (χ3n) is 3.76. The summed E-state index contributed by atoms with van der Waals surface area (Å²) < 4.78 is 25.6. The highest BCUT2D eigenvalue weighted by Gasteiger charge is 2.37. The van der Waals surface area contributed by atoms with Crippen LogP contribution in [0.25, 0.3) is 0 Å². The summed E-state index contributed by atoms with van der Waals surface area (Å²) in [6, 6.07) is 8.30. The zero-order valence-electron chi connectivity index (χ0n) is 11.0. The zero-order valence-corrected chi connectivity index (χ0v) is 11.0. The van der Waals surface area contributed by atoms with Gasteiger partial charge in [-0.2, -0.15) is 0 Å². The molecule has 4 nitrogen and oxygen atoms in total. The average molecular weight is 284 g/mol. The van der Waals surface area contributed by atoms with Crippen molar-refractivity contribution in [2.24, 2.45) is 0 Å². The molecule has 1 aromatic rings. The maximum atomic E-state index is 12.8. The average Bonchev–Trinajstić information content (AvgIpc) is 2.84. The molecule has 2 atom stereocenters. The topological polar surface area (TPSA) is 52.6 Å². The maximum Gasteiger partial charge on any atom is 0.404 e. The summed E-state index contributed by atoms with van der Waals surface area (Å²) >= 11 is 0. The lowest BCUT2D eigenvalue weighted by molar-refractivity contribution is 0.161. The molecule has 0 saturated carbocycles. The molecule has 0 bridgehead atoms. The Morgan fingerprint density at radius 3 is 2.50 bits per heavy atom. The Bertz CT molecular complexity index is 440. The van der Waals surface area contributed by atoms with Crippen LogP contribution in [0.1, 0.15) is 11.5 Å². The first-order chi connectivity index (χ1) is 9.65. The van der Waals surface area contributed by atoms with Gasteiger partial charge in [0.1, 0.15) is 13.3 Å². The van der Waals surface area contributed by atoms with E-state index in [1.807, 2.05) is 30.3 Å². The van der Waals surface area contributed by atoms with Crippen molar-refractivity contribution in [3.05, 3.63) is 35.9 Å². The Labute approximate surface area is 116 Å². The number of rotatable bonds is 5. The van der Waals surface area contributed by atoms with E-state index in [0.717, 1.165) is 5.56 Å². The molecule has 1 fully saturated rings. The largest absolute Gasteiger partial charge is 0.465 e. The predicted molar refractivity (Wildman–Crippen MR) is 71.4 cm³/mol. The molecule has 0 radical (unpaired) electrons. The molecule has 1 heterocycles. The highest BCUT2D eigenvalue weighted by atomic mass is 19.1. The monoisotopic (exact) mass is 284 g/mol. The van der Waals surface area contributed by atoms with Crippen molar-refractivity contribution >= 4 is 6.09 Å². The minimum atomic E-state index is -1.12. The molecule has 0 aromatic heterocycles. The van der Waals surface area contributed by atoms with Crippen LogP contribution < -0.4 is 5.32 Å². The smallest absolute Gasteiger partial charge is 0.404 e. The number of hydrogen-bond donors (Lipinski definition) is 2. The molecule has 1 amide bonds. The number of amides is 1. The van der Waals surface area contributed by atoms with E-state index in [1.165, 1.54) is 0 Å². The molecule has 0 aliphatic carbocycles. The summed E-state index contributed by atoms with van der Waals surface area (Å²) in [5.74, 6) is -0.0899. The summed E-state index contributed by atoms with van der Waals surface area (Å²) in [6.45, 7) is -0.757. The highest BCUT2D eigenvalue weighted by molar-refractivity contribution is 5.65. The third kappa shape index (κ3) is 3.25. The van der Waals surface area contributed by atoms with Crippen molar-refractivity contribution in [1.82, 2.24) is 10.2 Å². The van der Waals surface area contributed by atoms with Gasteiger partial charge < -0.3 is 10.4 Å². The van der Waals surface area contributed by atoms with Crippen LogP contribution in [0.2, 0.25) is 0 Å². The van der Waals surface area contributed by atoms with E-state index in [9.17, 15) is 13.6 Å². The quantitative estimate of drug-likeness (QED) is 0.870. The Hall–Kier alpha value is -1.69. The van der Waals surface area contributed by atoms with E-state index >= 15 is 0 Å². The van der Waals surface area contributed by atoms with Crippen molar-refractivity contribution < 1.29 is 18.7 Å². The SMILES string of the molecule is O=C(O)N[C@H]1CN(C(CF)CF)C[C@@H]1c1ccccc1. The Balaban J connectivity index is 2.17. The molecule has 1 saturated heterocycles. The number of carbonyl (C=O) groups is 1. The Morgan fingerprint density at radius 2 is 1.95 bits per heavy atom. The molecule has 2 rings (SSSR count). The van der Waals surface area contributed by atoms with E-state index in [0.29, 0.717) is 13.1 Å². The number of halogens is 2. The molecular weight excluding hydrogens is 266 g/mol. The van der Waals surface area contributed by atoms with E-state index in [2.05, 4.69) is 5.32 Å². The summed E-state index contributed by atoms with van der Waals surface area (Å²) in [5, 5.41) is 11.4. The Kier molecular flexibility index (Phi) is 4.89. The minimum Gasteiger partial charge on any atom is -0.465 e. The molecule has 0 spiro atoms. The second-order valence-electron chi connectivity index (χ2n) is 4.99. The van der Waals surface area contributed by atoms with Gasteiger partial charge in [0.25, 0.3) is 0 Å². The van der Waals surface area contributed by atoms with Crippen molar-refractivity contribution in [1.29, 1.82) is 0 Å². The molecule has 6 heteroatoms. The molecule has 110 valence electrons. The standard InChI is InChI=1S/C14H18F2N2O2/c15-6-11(7-16)18-8-12(10-4-2-1-3-5-10)13(9-18)17-14(19)20/h1-5,11-13,17H,6-9H2,(H,19,20)/t12-,13+/m1/s1. The highest BCUT2D eigenvalue weighted by Crippen LogP contribution is 2.29. The molecule has 2 N–H and O–H groups in total. The second-order valence-corrected chi connectivity index (χ2v) is 4.99. The van der Waals surface area contributed by atoms with Crippen LogP contribution in [-0.4, -0.2) is 54.6 Å². The predicted octanol–water partition coefficient (Wildman–Crippen LogP) is 2.03. The van der Waals surface area contributed by atoms with Crippen LogP contribution >= 0.6 is 0 Å².